The van der Waals surface area contributed by atoms with Gasteiger partial charge < -0.3 is 30.2 Å². The van der Waals surface area contributed by atoms with Crippen LogP contribution < -0.4 is 15.0 Å². The second-order valence-electron chi connectivity index (χ2n) is 10.3. The van der Waals surface area contributed by atoms with Gasteiger partial charge in [0.25, 0.3) is 5.91 Å². The van der Waals surface area contributed by atoms with Gasteiger partial charge in [0.05, 0.1) is 31.2 Å². The predicted octanol–water partition coefficient (Wildman–Crippen LogP) is 4.74. The Morgan fingerprint density at radius 1 is 1.02 bits per heavy atom. The van der Waals surface area contributed by atoms with Crippen LogP contribution in [0, 0.1) is 0 Å². The number of rotatable bonds is 11. The van der Waals surface area contributed by atoms with Crippen LogP contribution in [0.4, 0.5) is 11.4 Å². The van der Waals surface area contributed by atoms with Crippen LogP contribution in [0.25, 0.3) is 22.0 Å². The summed E-state index contributed by atoms with van der Waals surface area (Å²) in [5, 5.41) is 23.2. The maximum absolute atomic E-state index is 13.9. The van der Waals surface area contributed by atoms with E-state index in [-0.39, 0.29) is 25.2 Å². The van der Waals surface area contributed by atoms with Crippen molar-refractivity contribution in [2.75, 3.05) is 56.2 Å². The minimum Gasteiger partial charge on any atom is -0.493 e. The number of H-pyrrole nitrogens is 1. The Hall–Kier alpha value is -3.85. The van der Waals surface area contributed by atoms with E-state index in [0.717, 1.165) is 46.2 Å². The summed E-state index contributed by atoms with van der Waals surface area (Å²) in [6.07, 6.45) is 3.49. The lowest BCUT2D eigenvalue weighted by Crippen LogP contribution is -2.32. The lowest BCUT2D eigenvalue weighted by Gasteiger charge is -2.23. The highest BCUT2D eigenvalue weighted by molar-refractivity contribution is 6.08. The molecule has 4 aromatic rings. The highest BCUT2D eigenvalue weighted by Crippen LogP contribution is 2.35. The second kappa shape index (κ2) is 13.0. The molecule has 1 aromatic heterocycles. The minimum atomic E-state index is -0.0575. The Labute approximate surface area is 235 Å². The molecule has 210 valence electrons. The zero-order valence-electron chi connectivity index (χ0n) is 23.0. The van der Waals surface area contributed by atoms with Crippen molar-refractivity contribution in [2.24, 2.45) is 0 Å². The van der Waals surface area contributed by atoms with E-state index in [0.29, 0.717) is 44.1 Å². The van der Waals surface area contributed by atoms with Crippen LogP contribution in [0.2, 0.25) is 0 Å². The number of hydrogen-bond acceptors (Lipinski definition) is 6. The Balaban J connectivity index is 1.43. The Kier molecular flexibility index (Phi) is 9.01. The van der Waals surface area contributed by atoms with Crippen LogP contribution in [-0.2, 0) is 0 Å². The molecular weight excluding hydrogens is 504 g/mol. The number of benzene rings is 3. The van der Waals surface area contributed by atoms with Gasteiger partial charge in [-0.15, -0.1) is 0 Å². The number of aromatic amines is 1. The topological polar surface area (TPSA) is 101 Å². The number of amides is 1. The number of nitrogens with zero attached hydrogens (tertiary/aromatic N) is 2. The summed E-state index contributed by atoms with van der Waals surface area (Å²) < 4.78 is 6.34. The number of fused-ring (bicyclic) bond motifs is 2. The minimum absolute atomic E-state index is 0.0463. The molecule has 0 radical (unpaired) electrons. The maximum Gasteiger partial charge on any atom is 0.258 e. The molecule has 8 heteroatoms. The van der Waals surface area contributed by atoms with E-state index >= 15 is 0 Å². The fourth-order valence-electron chi connectivity index (χ4n) is 5.30. The molecule has 0 fully saturated rings. The average molecular weight is 543 g/mol. The maximum atomic E-state index is 13.9. The van der Waals surface area contributed by atoms with Gasteiger partial charge in [-0.2, -0.15) is 0 Å². The highest BCUT2D eigenvalue weighted by Gasteiger charge is 2.25. The number of nitrogens with one attached hydrogen (secondary N) is 2. The van der Waals surface area contributed by atoms with Gasteiger partial charge in [-0.05, 0) is 79.2 Å². The summed E-state index contributed by atoms with van der Waals surface area (Å²) >= 11 is 0. The summed E-state index contributed by atoms with van der Waals surface area (Å²) in [6, 6.07) is 22.2. The van der Waals surface area contributed by atoms with Crippen molar-refractivity contribution in [3.63, 3.8) is 0 Å². The smallest absolute Gasteiger partial charge is 0.258 e. The molecule has 1 atom stereocenters. The monoisotopic (exact) mass is 542 g/mol. The molecule has 1 unspecified atom stereocenters. The number of para-hydroxylation sites is 2. The standard InChI is InChI=1S/C32H38N4O4/c1-23-12-15-36(30-6-3-2-5-29(30)34-23)32(39)26-7-9-27(24-8-10-28-25(21-24)11-13-33-28)31(22-26)40-20-4-14-35(16-18-37)17-19-38/h2-3,5-11,13,21-23,33-34,37-38H,4,12,14-20H2,1H3. The largest absolute Gasteiger partial charge is 0.493 e. The summed E-state index contributed by atoms with van der Waals surface area (Å²) in [5.41, 5.74) is 5.43. The van der Waals surface area contributed by atoms with E-state index < -0.39 is 0 Å². The summed E-state index contributed by atoms with van der Waals surface area (Å²) in [5.74, 6) is 0.601. The van der Waals surface area contributed by atoms with E-state index in [1.807, 2.05) is 64.5 Å². The van der Waals surface area contributed by atoms with Crippen molar-refractivity contribution >= 4 is 28.2 Å². The highest BCUT2D eigenvalue weighted by atomic mass is 16.5. The molecule has 1 amide bonds. The molecule has 2 heterocycles. The van der Waals surface area contributed by atoms with Crippen molar-refractivity contribution in [1.29, 1.82) is 0 Å². The number of aliphatic hydroxyl groups excluding tert-OH is 2. The molecule has 3 aromatic carbocycles. The molecule has 8 nitrogen and oxygen atoms in total. The normalized spacial score (nSPS) is 15.1. The first kappa shape index (κ1) is 27.7. The molecule has 0 aliphatic carbocycles. The Bertz CT molecular complexity index is 1430. The SMILES string of the molecule is CC1CCN(C(=O)c2ccc(-c3ccc4[nH]ccc4c3)c(OCCCN(CCO)CCO)c2)c2ccccc2N1. The molecule has 0 spiro atoms. The average Bonchev–Trinajstić information content (AvgIpc) is 3.37. The molecular formula is C32H38N4O4. The summed E-state index contributed by atoms with van der Waals surface area (Å²) in [7, 11) is 0. The quantitative estimate of drug-likeness (QED) is 0.204. The number of aromatic nitrogens is 1. The molecule has 1 aliphatic heterocycles. The van der Waals surface area contributed by atoms with Crippen LogP contribution in [0.15, 0.2) is 72.9 Å². The first-order chi connectivity index (χ1) is 19.6. The van der Waals surface area contributed by atoms with E-state index in [1.165, 1.54) is 0 Å². The molecule has 0 bridgehead atoms. The molecule has 5 rings (SSSR count). The van der Waals surface area contributed by atoms with E-state index in [4.69, 9.17) is 4.74 Å². The second-order valence-corrected chi connectivity index (χ2v) is 10.3. The van der Waals surface area contributed by atoms with Gasteiger partial charge in [-0.25, -0.2) is 0 Å². The number of hydrogen-bond donors (Lipinski definition) is 4. The van der Waals surface area contributed by atoms with E-state index in [1.54, 1.807) is 0 Å². The van der Waals surface area contributed by atoms with Crippen LogP contribution in [0.3, 0.4) is 0 Å². The molecule has 4 N–H and O–H groups in total. The predicted molar refractivity (Wildman–Crippen MR) is 160 cm³/mol. The molecule has 40 heavy (non-hydrogen) atoms. The Morgan fingerprint density at radius 3 is 2.67 bits per heavy atom. The van der Waals surface area contributed by atoms with Crippen LogP contribution in [0.5, 0.6) is 5.75 Å². The van der Waals surface area contributed by atoms with Gasteiger partial charge in [0.15, 0.2) is 0 Å². The zero-order valence-corrected chi connectivity index (χ0v) is 23.0. The molecule has 0 saturated carbocycles. The lowest BCUT2D eigenvalue weighted by molar-refractivity contribution is 0.0986. The third-order valence-corrected chi connectivity index (χ3v) is 7.43. The Morgan fingerprint density at radius 2 is 1.85 bits per heavy atom. The van der Waals surface area contributed by atoms with Gasteiger partial charge in [0.1, 0.15) is 5.75 Å². The molecule has 0 saturated heterocycles. The first-order valence-electron chi connectivity index (χ1n) is 14.0. The third kappa shape index (κ3) is 6.31. The zero-order chi connectivity index (χ0) is 27.9. The summed E-state index contributed by atoms with van der Waals surface area (Å²) in [6.45, 7) is 5.01. The van der Waals surface area contributed by atoms with Crippen molar-refractivity contribution < 1.29 is 19.7 Å². The van der Waals surface area contributed by atoms with E-state index in [9.17, 15) is 15.0 Å². The molecule has 1 aliphatic rings. The number of ether oxygens (including phenoxy) is 1. The van der Waals surface area contributed by atoms with Gasteiger partial charge in [-0.3, -0.25) is 9.69 Å². The van der Waals surface area contributed by atoms with Gasteiger partial charge >= 0.3 is 0 Å². The fourth-order valence-corrected chi connectivity index (χ4v) is 5.30. The van der Waals surface area contributed by atoms with Crippen molar-refractivity contribution in [3.05, 3.63) is 78.5 Å². The van der Waals surface area contributed by atoms with Crippen LogP contribution in [-0.4, -0.2) is 78.0 Å². The van der Waals surface area contributed by atoms with Crippen molar-refractivity contribution in [2.45, 2.75) is 25.8 Å². The number of carbonyl (C=O) groups excluding carboxylic acids is 1. The fraction of sp³-hybridized carbons (Fsp3) is 0.344. The van der Waals surface area contributed by atoms with Gasteiger partial charge in [0.2, 0.25) is 0 Å². The van der Waals surface area contributed by atoms with E-state index in [2.05, 4.69) is 35.4 Å². The summed E-state index contributed by atoms with van der Waals surface area (Å²) in [4.78, 5) is 21.0. The van der Waals surface area contributed by atoms with Gasteiger partial charge in [0, 0.05) is 55.1 Å². The van der Waals surface area contributed by atoms with Crippen molar-refractivity contribution in [3.8, 4) is 16.9 Å². The first-order valence-corrected chi connectivity index (χ1v) is 14.0. The van der Waals surface area contributed by atoms with Crippen LogP contribution >= 0.6 is 0 Å². The number of carbonyl (C=O) groups is 1. The van der Waals surface area contributed by atoms with Crippen LogP contribution in [0.1, 0.15) is 30.1 Å². The number of anilines is 2. The van der Waals surface area contributed by atoms with Gasteiger partial charge in [-0.1, -0.05) is 18.2 Å². The lowest BCUT2D eigenvalue weighted by atomic mass is 10.0. The third-order valence-electron chi connectivity index (χ3n) is 7.43. The number of aliphatic hydroxyl groups is 2. The van der Waals surface area contributed by atoms with Crippen molar-refractivity contribution in [1.82, 2.24) is 9.88 Å².